The van der Waals surface area contributed by atoms with Crippen LogP contribution in [-0.4, -0.2) is 46.5 Å². The van der Waals surface area contributed by atoms with Gasteiger partial charge in [-0.1, -0.05) is 0 Å². The molecule has 27 heavy (non-hydrogen) atoms. The summed E-state index contributed by atoms with van der Waals surface area (Å²) in [7, 11) is 0. The molecule has 7 nitrogen and oxygen atoms in total. The first-order valence-electron chi connectivity index (χ1n) is 8.57. The van der Waals surface area contributed by atoms with Crippen molar-refractivity contribution in [2.75, 3.05) is 24.5 Å². The number of nitrogens with two attached hydrogens (primary N) is 1. The molecule has 0 aromatic carbocycles. The summed E-state index contributed by atoms with van der Waals surface area (Å²) in [6, 6.07) is 2.19. The van der Waals surface area contributed by atoms with Crippen LogP contribution in [0.4, 0.5) is 5.82 Å². The molecule has 0 radical (unpaired) electrons. The lowest BCUT2D eigenvalue weighted by atomic mass is 10.0. The van der Waals surface area contributed by atoms with E-state index in [4.69, 9.17) is 5.73 Å². The van der Waals surface area contributed by atoms with Crippen molar-refractivity contribution in [2.24, 2.45) is 5.73 Å². The van der Waals surface area contributed by atoms with Crippen molar-refractivity contribution < 1.29 is 4.79 Å². The van der Waals surface area contributed by atoms with E-state index in [9.17, 15) is 4.79 Å². The van der Waals surface area contributed by atoms with Crippen LogP contribution in [0.5, 0.6) is 0 Å². The van der Waals surface area contributed by atoms with Crippen molar-refractivity contribution in [1.82, 2.24) is 20.3 Å². The van der Waals surface area contributed by atoms with E-state index in [0.29, 0.717) is 18.7 Å². The van der Waals surface area contributed by atoms with Gasteiger partial charge in [0.05, 0.1) is 5.01 Å². The molecule has 0 aliphatic carbocycles. The fourth-order valence-electron chi connectivity index (χ4n) is 3.03. The third-order valence-electron chi connectivity index (χ3n) is 4.25. The fraction of sp³-hybridized carbons (Fsp3) is 0.529. The largest absolute Gasteiger partial charge is 0.356 e. The third kappa shape index (κ3) is 6.27. The second kappa shape index (κ2) is 10.8. The molecule has 3 rings (SSSR count). The lowest BCUT2D eigenvalue weighted by Gasteiger charge is -2.33. The van der Waals surface area contributed by atoms with Crippen LogP contribution in [0.2, 0.25) is 0 Å². The Hall–Kier alpha value is -1.48. The van der Waals surface area contributed by atoms with Crippen molar-refractivity contribution in [1.29, 1.82) is 0 Å². The Morgan fingerprint density at radius 3 is 2.59 bits per heavy atom. The highest BCUT2D eigenvalue weighted by Crippen LogP contribution is 2.19. The van der Waals surface area contributed by atoms with E-state index >= 15 is 0 Å². The van der Waals surface area contributed by atoms with Crippen LogP contribution in [-0.2, 0) is 6.42 Å². The number of hydrogen-bond acceptors (Lipinski definition) is 7. The standard InChI is InChI=1S/C17H24N6OS.2ClH/c1-11-9-15(20-12(2)19-11)23-7-4-13(5-8-23)21-17(24)14-10-25-16(22-14)3-6-18;;/h9-10,13H,3-8,18H2,1-2H3,(H,21,24);2*1H. The minimum absolute atomic E-state index is 0. The number of nitrogens with zero attached hydrogens (tertiary/aromatic N) is 4. The molecule has 0 atom stereocenters. The van der Waals surface area contributed by atoms with Gasteiger partial charge >= 0.3 is 0 Å². The minimum atomic E-state index is -0.0910. The summed E-state index contributed by atoms with van der Waals surface area (Å²) in [6.45, 7) is 6.19. The molecule has 0 saturated carbocycles. The molecular formula is C17H26Cl2N6OS. The maximum Gasteiger partial charge on any atom is 0.270 e. The fourth-order valence-corrected chi connectivity index (χ4v) is 3.82. The van der Waals surface area contributed by atoms with Crippen LogP contribution < -0.4 is 16.0 Å². The Kier molecular flexibility index (Phi) is 9.38. The molecule has 1 saturated heterocycles. The number of nitrogens with one attached hydrogen (secondary N) is 1. The number of rotatable bonds is 5. The van der Waals surface area contributed by atoms with Crippen molar-refractivity contribution in [3.05, 3.63) is 33.7 Å². The van der Waals surface area contributed by atoms with Gasteiger partial charge in [0.25, 0.3) is 5.91 Å². The van der Waals surface area contributed by atoms with Gasteiger partial charge in [0.15, 0.2) is 0 Å². The molecule has 1 amide bonds. The van der Waals surface area contributed by atoms with Gasteiger partial charge in [-0.2, -0.15) is 0 Å². The number of aromatic nitrogens is 3. The van der Waals surface area contributed by atoms with Gasteiger partial charge in [-0.15, -0.1) is 36.2 Å². The van der Waals surface area contributed by atoms with Crippen LogP contribution in [0.3, 0.4) is 0 Å². The lowest BCUT2D eigenvalue weighted by Crippen LogP contribution is -2.45. The number of aryl methyl sites for hydroxylation is 2. The number of carbonyl (C=O) groups excluding carboxylic acids is 1. The van der Waals surface area contributed by atoms with Gasteiger partial charge in [-0.05, 0) is 33.2 Å². The van der Waals surface area contributed by atoms with Crippen LogP contribution in [0.15, 0.2) is 11.4 Å². The molecule has 0 bridgehead atoms. The molecule has 0 unspecified atom stereocenters. The van der Waals surface area contributed by atoms with Crippen molar-refractivity contribution >= 4 is 47.9 Å². The Bertz CT molecular complexity index is 729. The van der Waals surface area contributed by atoms with Gasteiger partial charge in [0.2, 0.25) is 0 Å². The number of anilines is 1. The molecule has 1 aliphatic heterocycles. The highest BCUT2D eigenvalue weighted by Gasteiger charge is 2.23. The Balaban J connectivity index is 0.00000182. The molecule has 3 heterocycles. The molecule has 1 aliphatic rings. The van der Waals surface area contributed by atoms with Gasteiger partial charge in [0, 0.05) is 42.7 Å². The monoisotopic (exact) mass is 432 g/mol. The average molecular weight is 433 g/mol. The number of piperidine rings is 1. The molecule has 3 N–H and O–H groups in total. The number of amides is 1. The normalized spacial score (nSPS) is 14.3. The van der Waals surface area contributed by atoms with Crippen molar-refractivity contribution in [3.8, 4) is 0 Å². The van der Waals surface area contributed by atoms with Crippen molar-refractivity contribution in [2.45, 2.75) is 39.2 Å². The van der Waals surface area contributed by atoms with Gasteiger partial charge < -0.3 is 16.0 Å². The summed E-state index contributed by atoms with van der Waals surface area (Å²) in [5.41, 5.74) is 7.01. The first-order chi connectivity index (χ1) is 12.0. The third-order valence-corrected chi connectivity index (χ3v) is 5.16. The van der Waals surface area contributed by atoms with E-state index in [1.807, 2.05) is 25.3 Å². The molecule has 150 valence electrons. The highest BCUT2D eigenvalue weighted by atomic mass is 35.5. The molecule has 2 aromatic heterocycles. The molecular weight excluding hydrogens is 407 g/mol. The van der Waals surface area contributed by atoms with E-state index in [-0.39, 0.29) is 36.8 Å². The van der Waals surface area contributed by atoms with E-state index in [0.717, 1.165) is 48.3 Å². The molecule has 10 heteroatoms. The molecule has 2 aromatic rings. The van der Waals surface area contributed by atoms with Gasteiger partial charge in [0.1, 0.15) is 17.3 Å². The zero-order valence-corrected chi connectivity index (χ0v) is 17.9. The van der Waals surface area contributed by atoms with Gasteiger partial charge in [-0.3, -0.25) is 4.79 Å². The van der Waals surface area contributed by atoms with Crippen molar-refractivity contribution in [3.63, 3.8) is 0 Å². The molecule has 0 spiro atoms. The Morgan fingerprint density at radius 2 is 1.96 bits per heavy atom. The average Bonchev–Trinajstić information content (AvgIpc) is 3.04. The summed E-state index contributed by atoms with van der Waals surface area (Å²) in [5, 5.41) is 5.82. The summed E-state index contributed by atoms with van der Waals surface area (Å²) >= 11 is 1.49. The molecule has 1 fully saturated rings. The summed E-state index contributed by atoms with van der Waals surface area (Å²) in [6.07, 6.45) is 2.51. The predicted molar refractivity (Wildman–Crippen MR) is 114 cm³/mol. The second-order valence-corrected chi connectivity index (χ2v) is 7.26. The lowest BCUT2D eigenvalue weighted by molar-refractivity contribution is 0.0926. The topological polar surface area (TPSA) is 97.0 Å². The van der Waals surface area contributed by atoms with E-state index in [1.54, 1.807) is 0 Å². The maximum atomic E-state index is 12.3. The van der Waals surface area contributed by atoms with Crippen LogP contribution in [0.1, 0.15) is 39.9 Å². The number of halogens is 2. The summed E-state index contributed by atoms with van der Waals surface area (Å²) in [5.74, 6) is 1.68. The predicted octanol–water partition coefficient (Wildman–Crippen LogP) is 2.29. The van der Waals surface area contributed by atoms with E-state index < -0.39 is 0 Å². The SMILES string of the molecule is Cc1cc(N2CCC(NC(=O)c3csc(CCN)n3)CC2)nc(C)n1.Cl.Cl. The summed E-state index contributed by atoms with van der Waals surface area (Å²) < 4.78 is 0. The minimum Gasteiger partial charge on any atom is -0.356 e. The summed E-state index contributed by atoms with van der Waals surface area (Å²) in [4.78, 5) is 27.8. The van der Waals surface area contributed by atoms with E-state index in [1.165, 1.54) is 11.3 Å². The number of thiazole rings is 1. The Morgan fingerprint density at radius 1 is 1.26 bits per heavy atom. The van der Waals surface area contributed by atoms with Crippen LogP contribution in [0, 0.1) is 13.8 Å². The van der Waals surface area contributed by atoms with E-state index in [2.05, 4.69) is 25.2 Å². The highest BCUT2D eigenvalue weighted by molar-refractivity contribution is 7.09. The maximum absolute atomic E-state index is 12.3. The zero-order valence-electron chi connectivity index (χ0n) is 15.5. The van der Waals surface area contributed by atoms with Crippen LogP contribution in [0.25, 0.3) is 0 Å². The Labute approximate surface area is 176 Å². The second-order valence-electron chi connectivity index (χ2n) is 6.31. The first kappa shape index (κ1) is 23.6. The smallest absolute Gasteiger partial charge is 0.270 e. The van der Waals surface area contributed by atoms with Gasteiger partial charge in [-0.25, -0.2) is 15.0 Å². The number of carbonyl (C=O) groups is 1. The zero-order chi connectivity index (χ0) is 17.8. The number of hydrogen-bond donors (Lipinski definition) is 2. The van der Waals surface area contributed by atoms with Crippen LogP contribution >= 0.6 is 36.2 Å². The first-order valence-corrected chi connectivity index (χ1v) is 9.45. The quantitative estimate of drug-likeness (QED) is 0.751.